The standard InChI is InChI=1S/C14H20O6/c1-4-17-14(13(16)18-8(2)3)20-12(15)10-7-9-5-6-11(10)19-9/h5-6,8-11,14H,4,7H2,1-3H3. The van der Waals surface area contributed by atoms with Crippen LogP contribution >= 0.6 is 0 Å². The van der Waals surface area contributed by atoms with Gasteiger partial charge in [0.1, 0.15) is 0 Å². The number of carbonyl (C=O) groups excluding carboxylic acids is 2. The lowest BCUT2D eigenvalue weighted by Crippen LogP contribution is -2.37. The van der Waals surface area contributed by atoms with Crippen molar-refractivity contribution < 1.29 is 28.5 Å². The zero-order valence-corrected chi connectivity index (χ0v) is 11.9. The molecule has 2 rings (SSSR count). The lowest BCUT2D eigenvalue weighted by molar-refractivity contribution is -0.205. The number of ether oxygens (including phenoxy) is 4. The summed E-state index contributed by atoms with van der Waals surface area (Å²) in [6.45, 7) is 5.40. The first-order valence-electron chi connectivity index (χ1n) is 6.87. The summed E-state index contributed by atoms with van der Waals surface area (Å²) in [5.41, 5.74) is 0. The molecule has 4 atom stereocenters. The lowest BCUT2D eigenvalue weighted by atomic mass is 9.95. The largest absolute Gasteiger partial charge is 0.458 e. The number of esters is 2. The highest BCUT2D eigenvalue weighted by Gasteiger charge is 2.43. The number of hydrogen-bond acceptors (Lipinski definition) is 6. The number of rotatable bonds is 6. The molecule has 0 spiro atoms. The molecule has 2 bridgehead atoms. The van der Waals surface area contributed by atoms with E-state index in [1.165, 1.54) is 0 Å². The molecule has 4 unspecified atom stereocenters. The molecule has 2 aliphatic heterocycles. The van der Waals surface area contributed by atoms with Gasteiger partial charge in [0.2, 0.25) is 0 Å². The SMILES string of the molecule is CCOC(OC(=O)C1CC2C=CC1O2)C(=O)OC(C)C. The molecule has 1 fully saturated rings. The third kappa shape index (κ3) is 3.37. The van der Waals surface area contributed by atoms with Crippen LogP contribution in [-0.2, 0) is 28.5 Å². The minimum Gasteiger partial charge on any atom is -0.458 e. The van der Waals surface area contributed by atoms with Crippen LogP contribution in [0.1, 0.15) is 27.2 Å². The molecule has 0 aromatic carbocycles. The van der Waals surface area contributed by atoms with Gasteiger partial charge < -0.3 is 18.9 Å². The quantitative estimate of drug-likeness (QED) is 0.414. The van der Waals surface area contributed by atoms with E-state index < -0.39 is 18.2 Å². The first kappa shape index (κ1) is 15.0. The van der Waals surface area contributed by atoms with Gasteiger partial charge >= 0.3 is 18.2 Å². The van der Waals surface area contributed by atoms with Gasteiger partial charge in [-0.1, -0.05) is 12.2 Å². The Morgan fingerprint density at radius 3 is 2.55 bits per heavy atom. The summed E-state index contributed by atoms with van der Waals surface area (Å²) in [4.78, 5) is 23.9. The van der Waals surface area contributed by atoms with Crippen molar-refractivity contribution in [2.45, 2.75) is 51.8 Å². The molecule has 0 saturated carbocycles. The van der Waals surface area contributed by atoms with E-state index in [4.69, 9.17) is 18.9 Å². The average Bonchev–Trinajstić information content (AvgIpc) is 2.99. The van der Waals surface area contributed by atoms with E-state index >= 15 is 0 Å². The van der Waals surface area contributed by atoms with Crippen molar-refractivity contribution >= 4 is 11.9 Å². The Labute approximate surface area is 118 Å². The molecule has 0 aliphatic carbocycles. The summed E-state index contributed by atoms with van der Waals surface area (Å²) < 4.78 is 20.8. The third-order valence-electron chi connectivity index (χ3n) is 3.12. The molecule has 0 N–H and O–H groups in total. The Morgan fingerprint density at radius 2 is 2.05 bits per heavy atom. The molecule has 2 heterocycles. The van der Waals surface area contributed by atoms with E-state index in [9.17, 15) is 9.59 Å². The Balaban J connectivity index is 1.92. The van der Waals surface area contributed by atoms with Crippen molar-refractivity contribution in [2.75, 3.05) is 6.61 Å². The third-order valence-corrected chi connectivity index (χ3v) is 3.12. The summed E-state index contributed by atoms with van der Waals surface area (Å²) in [6.07, 6.45) is 2.49. The van der Waals surface area contributed by atoms with Gasteiger partial charge in [-0.3, -0.25) is 4.79 Å². The van der Waals surface area contributed by atoms with Gasteiger partial charge in [-0.15, -0.1) is 0 Å². The predicted octanol–water partition coefficient (Wildman–Crippen LogP) is 1.19. The topological polar surface area (TPSA) is 71.1 Å². The molecule has 0 amide bonds. The van der Waals surface area contributed by atoms with Crippen LogP contribution in [0.2, 0.25) is 0 Å². The molecule has 6 heteroatoms. The van der Waals surface area contributed by atoms with Crippen LogP contribution in [0.25, 0.3) is 0 Å². The summed E-state index contributed by atoms with van der Waals surface area (Å²) in [5.74, 6) is -1.55. The van der Waals surface area contributed by atoms with Crippen LogP contribution in [0.4, 0.5) is 0 Å². The molecule has 1 saturated heterocycles. The molecule has 0 aromatic rings. The van der Waals surface area contributed by atoms with E-state index in [1.807, 2.05) is 12.2 Å². The Hall–Kier alpha value is -1.40. The van der Waals surface area contributed by atoms with Crippen molar-refractivity contribution in [1.29, 1.82) is 0 Å². The van der Waals surface area contributed by atoms with Crippen LogP contribution < -0.4 is 0 Å². The van der Waals surface area contributed by atoms with Crippen LogP contribution in [0.15, 0.2) is 12.2 Å². The minimum absolute atomic E-state index is 0.0225. The Bertz CT molecular complexity index is 402. The fourth-order valence-electron chi connectivity index (χ4n) is 2.29. The fraction of sp³-hybridized carbons (Fsp3) is 0.714. The normalized spacial score (nSPS) is 28.7. The lowest BCUT2D eigenvalue weighted by Gasteiger charge is -2.21. The number of fused-ring (bicyclic) bond motifs is 2. The van der Waals surface area contributed by atoms with Crippen LogP contribution in [0.5, 0.6) is 0 Å². The van der Waals surface area contributed by atoms with Crippen molar-refractivity contribution in [3.63, 3.8) is 0 Å². The molecular weight excluding hydrogens is 264 g/mol. The number of hydrogen-bond donors (Lipinski definition) is 0. The highest BCUT2D eigenvalue weighted by molar-refractivity contribution is 5.80. The van der Waals surface area contributed by atoms with E-state index in [2.05, 4.69) is 0 Å². The molecule has 0 aromatic heterocycles. The zero-order chi connectivity index (χ0) is 14.7. The summed E-state index contributed by atoms with van der Waals surface area (Å²) >= 11 is 0. The summed E-state index contributed by atoms with van der Waals surface area (Å²) in [5, 5.41) is 0. The first-order chi connectivity index (χ1) is 9.51. The second-order valence-electron chi connectivity index (χ2n) is 5.08. The molecule has 112 valence electrons. The van der Waals surface area contributed by atoms with Gasteiger partial charge in [0.25, 0.3) is 0 Å². The second kappa shape index (κ2) is 6.37. The van der Waals surface area contributed by atoms with Crippen molar-refractivity contribution in [2.24, 2.45) is 5.92 Å². The maximum absolute atomic E-state index is 12.1. The summed E-state index contributed by atoms with van der Waals surface area (Å²) in [7, 11) is 0. The summed E-state index contributed by atoms with van der Waals surface area (Å²) in [6, 6.07) is 0. The van der Waals surface area contributed by atoms with Gasteiger partial charge in [-0.05, 0) is 27.2 Å². The van der Waals surface area contributed by atoms with Crippen LogP contribution in [-0.4, -0.2) is 43.1 Å². The van der Waals surface area contributed by atoms with E-state index in [1.54, 1.807) is 20.8 Å². The van der Waals surface area contributed by atoms with E-state index in [0.717, 1.165) is 0 Å². The maximum atomic E-state index is 12.1. The number of carbonyl (C=O) groups is 2. The molecule has 20 heavy (non-hydrogen) atoms. The monoisotopic (exact) mass is 284 g/mol. The highest BCUT2D eigenvalue weighted by atomic mass is 16.7. The van der Waals surface area contributed by atoms with Crippen LogP contribution in [0.3, 0.4) is 0 Å². The fourth-order valence-corrected chi connectivity index (χ4v) is 2.29. The van der Waals surface area contributed by atoms with Gasteiger partial charge in [0.15, 0.2) is 0 Å². The van der Waals surface area contributed by atoms with Crippen LogP contribution in [0, 0.1) is 5.92 Å². The van der Waals surface area contributed by atoms with Gasteiger partial charge in [0, 0.05) is 6.61 Å². The maximum Gasteiger partial charge on any atom is 0.376 e. The minimum atomic E-state index is -1.31. The Kier molecular flexibility index (Phi) is 4.77. The van der Waals surface area contributed by atoms with E-state index in [-0.39, 0.29) is 30.8 Å². The van der Waals surface area contributed by atoms with Gasteiger partial charge in [0.05, 0.1) is 24.2 Å². The predicted molar refractivity (Wildman–Crippen MR) is 68.6 cm³/mol. The zero-order valence-electron chi connectivity index (χ0n) is 11.9. The molecule has 0 radical (unpaired) electrons. The first-order valence-corrected chi connectivity index (χ1v) is 6.87. The second-order valence-corrected chi connectivity index (χ2v) is 5.08. The average molecular weight is 284 g/mol. The highest BCUT2D eigenvalue weighted by Crippen LogP contribution is 2.34. The molecule has 2 aliphatic rings. The van der Waals surface area contributed by atoms with Gasteiger partial charge in [-0.25, -0.2) is 4.79 Å². The van der Waals surface area contributed by atoms with Crippen molar-refractivity contribution in [3.05, 3.63) is 12.2 Å². The van der Waals surface area contributed by atoms with Gasteiger partial charge in [-0.2, -0.15) is 0 Å². The van der Waals surface area contributed by atoms with E-state index in [0.29, 0.717) is 6.42 Å². The Morgan fingerprint density at radius 1 is 1.30 bits per heavy atom. The molecular formula is C14H20O6. The molecule has 6 nitrogen and oxygen atoms in total. The smallest absolute Gasteiger partial charge is 0.376 e. The van der Waals surface area contributed by atoms with Crippen molar-refractivity contribution in [3.8, 4) is 0 Å². The van der Waals surface area contributed by atoms with Crippen molar-refractivity contribution in [1.82, 2.24) is 0 Å².